The standard InChI is InChI=1S/C28H20BrN3O5/c1-4-12-36-26-20(29)13-17(14-24(26)35-3)16-30-32-27(31-21-9-6-5-8-18(21)28(32)33)25-15-19-22(34-2)10-7-11-23(19)37-25/h1,5-11,13-16H,12H2,2-3H3. The number of benzene rings is 3. The first kappa shape index (κ1) is 24.2. The first-order chi connectivity index (χ1) is 18.0. The van der Waals surface area contributed by atoms with E-state index in [4.69, 9.17) is 30.0 Å². The Labute approximate surface area is 220 Å². The van der Waals surface area contributed by atoms with Gasteiger partial charge in [-0.2, -0.15) is 9.78 Å². The third-order valence-electron chi connectivity index (χ3n) is 5.59. The normalized spacial score (nSPS) is 11.2. The van der Waals surface area contributed by atoms with Crippen molar-refractivity contribution in [3.05, 3.63) is 81.1 Å². The Bertz CT molecular complexity index is 1760. The molecular formula is C28H20BrN3O5. The number of hydrogen-bond donors (Lipinski definition) is 0. The van der Waals surface area contributed by atoms with E-state index in [1.165, 1.54) is 18.0 Å². The Morgan fingerprint density at radius 3 is 2.68 bits per heavy atom. The zero-order chi connectivity index (χ0) is 25.9. The molecule has 0 amide bonds. The van der Waals surface area contributed by atoms with Gasteiger partial charge in [-0.05, 0) is 64.0 Å². The van der Waals surface area contributed by atoms with Crippen LogP contribution in [0.25, 0.3) is 33.5 Å². The largest absolute Gasteiger partial charge is 0.496 e. The molecular weight excluding hydrogens is 538 g/mol. The summed E-state index contributed by atoms with van der Waals surface area (Å²) in [4.78, 5) is 18.2. The molecule has 2 aromatic heterocycles. The molecule has 0 saturated heterocycles. The van der Waals surface area contributed by atoms with Gasteiger partial charge in [0.15, 0.2) is 17.3 Å². The van der Waals surface area contributed by atoms with Crippen molar-refractivity contribution >= 4 is 44.0 Å². The summed E-state index contributed by atoms with van der Waals surface area (Å²) >= 11 is 3.48. The molecule has 5 aromatic rings. The summed E-state index contributed by atoms with van der Waals surface area (Å²) in [6, 6.07) is 17.9. The number of rotatable bonds is 7. The molecule has 3 aromatic carbocycles. The van der Waals surface area contributed by atoms with Crippen LogP contribution in [0.3, 0.4) is 0 Å². The number of fused-ring (bicyclic) bond motifs is 2. The van der Waals surface area contributed by atoms with E-state index in [2.05, 4.69) is 27.0 Å². The van der Waals surface area contributed by atoms with Crippen LogP contribution in [0.2, 0.25) is 0 Å². The van der Waals surface area contributed by atoms with Crippen LogP contribution in [-0.2, 0) is 0 Å². The van der Waals surface area contributed by atoms with Gasteiger partial charge in [-0.25, -0.2) is 4.98 Å². The van der Waals surface area contributed by atoms with Crippen molar-refractivity contribution in [2.45, 2.75) is 0 Å². The van der Waals surface area contributed by atoms with E-state index in [0.29, 0.717) is 49.5 Å². The Balaban J connectivity index is 1.67. The van der Waals surface area contributed by atoms with Crippen molar-refractivity contribution in [3.8, 4) is 41.2 Å². The molecule has 184 valence electrons. The third-order valence-corrected chi connectivity index (χ3v) is 6.18. The van der Waals surface area contributed by atoms with Gasteiger partial charge in [0.2, 0.25) is 5.82 Å². The smallest absolute Gasteiger partial charge is 0.282 e. The Hall–Kier alpha value is -4.55. The molecule has 9 heteroatoms. The average Bonchev–Trinajstić information content (AvgIpc) is 3.36. The van der Waals surface area contributed by atoms with E-state index in [1.807, 2.05) is 24.3 Å². The third kappa shape index (κ3) is 4.55. The second kappa shape index (κ2) is 10.2. The number of terminal acetylenes is 1. The van der Waals surface area contributed by atoms with E-state index in [0.717, 1.165) is 5.39 Å². The Morgan fingerprint density at radius 2 is 1.89 bits per heavy atom. The number of aromatic nitrogens is 2. The monoisotopic (exact) mass is 557 g/mol. The molecule has 0 atom stereocenters. The summed E-state index contributed by atoms with van der Waals surface area (Å²) < 4.78 is 24.4. The molecule has 37 heavy (non-hydrogen) atoms. The van der Waals surface area contributed by atoms with Crippen molar-refractivity contribution in [3.63, 3.8) is 0 Å². The van der Waals surface area contributed by atoms with Crippen molar-refractivity contribution in [1.29, 1.82) is 0 Å². The molecule has 8 nitrogen and oxygen atoms in total. The van der Waals surface area contributed by atoms with Gasteiger partial charge in [0.05, 0.1) is 41.2 Å². The fourth-order valence-corrected chi connectivity index (χ4v) is 4.48. The lowest BCUT2D eigenvalue weighted by Crippen LogP contribution is -2.20. The highest BCUT2D eigenvalue weighted by molar-refractivity contribution is 9.10. The molecule has 2 heterocycles. The summed E-state index contributed by atoms with van der Waals surface area (Å²) in [5, 5.41) is 5.68. The second-order valence-electron chi connectivity index (χ2n) is 7.82. The molecule has 0 radical (unpaired) electrons. The maximum Gasteiger partial charge on any atom is 0.282 e. The highest BCUT2D eigenvalue weighted by atomic mass is 79.9. The van der Waals surface area contributed by atoms with Crippen LogP contribution < -0.4 is 19.8 Å². The van der Waals surface area contributed by atoms with Crippen LogP contribution >= 0.6 is 15.9 Å². The molecule has 0 aliphatic heterocycles. The summed E-state index contributed by atoms with van der Waals surface area (Å²) in [6.45, 7) is 0.0895. The predicted molar refractivity (Wildman–Crippen MR) is 146 cm³/mol. The van der Waals surface area contributed by atoms with Crippen LogP contribution in [0.5, 0.6) is 17.2 Å². The van der Waals surface area contributed by atoms with Crippen molar-refractivity contribution in [2.75, 3.05) is 20.8 Å². The minimum atomic E-state index is -0.343. The number of hydrogen-bond acceptors (Lipinski definition) is 7. The second-order valence-corrected chi connectivity index (χ2v) is 8.68. The average molecular weight is 558 g/mol. The van der Waals surface area contributed by atoms with E-state index >= 15 is 0 Å². The van der Waals surface area contributed by atoms with Gasteiger partial charge in [-0.15, -0.1) is 6.42 Å². The summed E-state index contributed by atoms with van der Waals surface area (Å²) in [6.07, 6.45) is 6.84. The minimum absolute atomic E-state index is 0.0895. The molecule has 0 N–H and O–H groups in total. The molecule has 0 saturated carbocycles. The summed E-state index contributed by atoms with van der Waals surface area (Å²) in [5.41, 5.74) is 1.43. The van der Waals surface area contributed by atoms with E-state index < -0.39 is 0 Å². The number of para-hydroxylation sites is 1. The van der Waals surface area contributed by atoms with E-state index in [-0.39, 0.29) is 18.0 Å². The van der Waals surface area contributed by atoms with Crippen molar-refractivity contribution < 1.29 is 18.6 Å². The highest BCUT2D eigenvalue weighted by Gasteiger charge is 2.18. The van der Waals surface area contributed by atoms with Crippen LogP contribution in [-0.4, -0.2) is 36.7 Å². The van der Waals surface area contributed by atoms with Gasteiger partial charge in [0, 0.05) is 0 Å². The lowest BCUT2D eigenvalue weighted by atomic mass is 10.2. The first-order valence-electron chi connectivity index (χ1n) is 11.1. The van der Waals surface area contributed by atoms with E-state index in [1.54, 1.807) is 43.5 Å². The lowest BCUT2D eigenvalue weighted by molar-refractivity contribution is 0.329. The number of nitrogens with zero attached hydrogens (tertiary/aromatic N) is 3. The SMILES string of the molecule is C#CCOc1c(Br)cc(C=Nn2c(-c3cc4c(OC)cccc4o3)nc3ccccc3c2=O)cc1OC. The molecule has 0 spiro atoms. The number of ether oxygens (including phenoxy) is 3. The van der Waals surface area contributed by atoms with Gasteiger partial charge < -0.3 is 18.6 Å². The topological polar surface area (TPSA) is 88.1 Å². The van der Waals surface area contributed by atoms with Gasteiger partial charge in [-0.3, -0.25) is 4.79 Å². The van der Waals surface area contributed by atoms with Crippen LogP contribution in [0.4, 0.5) is 0 Å². The van der Waals surface area contributed by atoms with Gasteiger partial charge >= 0.3 is 0 Å². The Kier molecular flexibility index (Phi) is 6.66. The van der Waals surface area contributed by atoms with Crippen LogP contribution in [0, 0.1) is 12.3 Å². The van der Waals surface area contributed by atoms with Crippen molar-refractivity contribution in [2.24, 2.45) is 5.10 Å². The predicted octanol–water partition coefficient (Wildman–Crippen LogP) is 5.48. The van der Waals surface area contributed by atoms with Crippen LogP contribution in [0.1, 0.15) is 5.56 Å². The van der Waals surface area contributed by atoms with Crippen LogP contribution in [0.15, 0.2) is 79.4 Å². The quantitative estimate of drug-likeness (QED) is 0.194. The fourth-order valence-electron chi connectivity index (χ4n) is 3.91. The van der Waals surface area contributed by atoms with E-state index in [9.17, 15) is 4.79 Å². The zero-order valence-corrected chi connectivity index (χ0v) is 21.5. The molecule has 0 aliphatic rings. The minimum Gasteiger partial charge on any atom is -0.496 e. The zero-order valence-electron chi connectivity index (χ0n) is 19.9. The molecule has 0 unspecified atom stereocenters. The molecule has 5 rings (SSSR count). The highest BCUT2D eigenvalue weighted by Crippen LogP contribution is 2.36. The molecule has 0 aliphatic carbocycles. The molecule has 0 bridgehead atoms. The van der Waals surface area contributed by atoms with Gasteiger partial charge in [0.1, 0.15) is 17.9 Å². The lowest BCUT2D eigenvalue weighted by Gasteiger charge is -2.12. The Morgan fingerprint density at radius 1 is 1.08 bits per heavy atom. The maximum absolute atomic E-state index is 13.5. The number of halogens is 1. The number of furan rings is 1. The first-order valence-corrected chi connectivity index (χ1v) is 11.9. The molecule has 0 fully saturated rings. The summed E-state index contributed by atoms with van der Waals surface area (Å²) in [7, 11) is 3.11. The van der Waals surface area contributed by atoms with Gasteiger partial charge in [-0.1, -0.05) is 24.1 Å². The fraction of sp³-hybridized carbons (Fsp3) is 0.107. The maximum atomic E-state index is 13.5. The summed E-state index contributed by atoms with van der Waals surface area (Å²) in [5.74, 6) is 4.63. The number of methoxy groups -OCH3 is 2. The van der Waals surface area contributed by atoms with Crippen molar-refractivity contribution in [1.82, 2.24) is 9.66 Å². The van der Waals surface area contributed by atoms with Gasteiger partial charge in [0.25, 0.3) is 5.56 Å².